The van der Waals surface area contributed by atoms with Crippen molar-refractivity contribution in [3.63, 3.8) is 0 Å². The van der Waals surface area contributed by atoms with Crippen molar-refractivity contribution >= 4 is 17.5 Å². The quantitative estimate of drug-likeness (QED) is 0.834. The summed E-state index contributed by atoms with van der Waals surface area (Å²) in [7, 11) is 0. The van der Waals surface area contributed by atoms with Crippen LogP contribution in [0.15, 0.2) is 18.2 Å². The monoisotopic (exact) mass is 326 g/mol. The first-order valence-corrected chi connectivity index (χ1v) is 7.62. The second-order valence-electron chi connectivity index (χ2n) is 5.63. The van der Waals surface area contributed by atoms with Crippen LogP contribution in [0.25, 0.3) is 0 Å². The Morgan fingerprint density at radius 2 is 2.22 bits per heavy atom. The van der Waals surface area contributed by atoms with Crippen LogP contribution in [0.3, 0.4) is 0 Å². The lowest BCUT2D eigenvalue weighted by Gasteiger charge is -2.20. The highest BCUT2D eigenvalue weighted by Gasteiger charge is 2.36. The SMILES string of the molecule is CCC(CCO)NC(=O)C1CC(=O)N(c2ccc(F)cc2F)C1. The standard InChI is InChI=1S/C16H20F2N2O3/c1-2-12(5-6-21)19-16(23)10-7-15(22)20(9-10)14-4-3-11(17)8-13(14)18/h3-4,8,10,12,21H,2,5-7,9H2,1H3,(H,19,23). The summed E-state index contributed by atoms with van der Waals surface area (Å²) in [6, 6.07) is 2.83. The zero-order chi connectivity index (χ0) is 17.0. The van der Waals surface area contributed by atoms with Crippen LogP contribution in [0.1, 0.15) is 26.2 Å². The molecule has 126 valence electrons. The van der Waals surface area contributed by atoms with Crippen molar-refractivity contribution in [2.75, 3.05) is 18.1 Å². The summed E-state index contributed by atoms with van der Waals surface area (Å²) in [5, 5.41) is 11.7. The van der Waals surface area contributed by atoms with E-state index in [9.17, 15) is 18.4 Å². The number of benzene rings is 1. The van der Waals surface area contributed by atoms with Crippen molar-refractivity contribution in [1.29, 1.82) is 0 Å². The van der Waals surface area contributed by atoms with Gasteiger partial charge in [-0.3, -0.25) is 9.59 Å². The van der Waals surface area contributed by atoms with E-state index in [0.29, 0.717) is 18.9 Å². The number of rotatable bonds is 6. The number of anilines is 1. The van der Waals surface area contributed by atoms with Gasteiger partial charge in [-0.15, -0.1) is 0 Å². The molecule has 0 spiro atoms. The Balaban J connectivity index is 2.05. The first-order chi connectivity index (χ1) is 11.0. The molecule has 0 saturated carbocycles. The van der Waals surface area contributed by atoms with Crippen LogP contribution in [-0.2, 0) is 9.59 Å². The molecule has 5 nitrogen and oxygen atoms in total. The van der Waals surface area contributed by atoms with Crippen LogP contribution in [0.2, 0.25) is 0 Å². The predicted molar refractivity (Wildman–Crippen MR) is 80.7 cm³/mol. The molecule has 2 amide bonds. The fourth-order valence-corrected chi connectivity index (χ4v) is 2.67. The molecule has 2 N–H and O–H groups in total. The van der Waals surface area contributed by atoms with Crippen LogP contribution in [-0.4, -0.2) is 36.1 Å². The van der Waals surface area contributed by atoms with E-state index in [1.807, 2.05) is 6.92 Å². The summed E-state index contributed by atoms with van der Waals surface area (Å²) in [5.74, 6) is -2.79. The number of aliphatic hydroxyl groups is 1. The van der Waals surface area contributed by atoms with Crippen molar-refractivity contribution in [3.8, 4) is 0 Å². The Kier molecular flexibility index (Phi) is 5.65. The van der Waals surface area contributed by atoms with Crippen LogP contribution in [0.4, 0.5) is 14.5 Å². The van der Waals surface area contributed by atoms with Gasteiger partial charge in [0.15, 0.2) is 0 Å². The molecule has 0 bridgehead atoms. The van der Waals surface area contributed by atoms with Gasteiger partial charge in [0.2, 0.25) is 11.8 Å². The van der Waals surface area contributed by atoms with E-state index in [4.69, 9.17) is 5.11 Å². The highest BCUT2D eigenvalue weighted by molar-refractivity contribution is 6.00. The average molecular weight is 326 g/mol. The van der Waals surface area contributed by atoms with Gasteiger partial charge in [0.05, 0.1) is 11.6 Å². The van der Waals surface area contributed by atoms with Gasteiger partial charge in [0, 0.05) is 31.7 Å². The molecule has 2 unspecified atom stereocenters. The molecule has 1 aliphatic heterocycles. The minimum atomic E-state index is -0.828. The molecule has 23 heavy (non-hydrogen) atoms. The molecule has 1 aromatic carbocycles. The number of nitrogens with one attached hydrogen (secondary N) is 1. The van der Waals surface area contributed by atoms with Crippen molar-refractivity contribution in [2.45, 2.75) is 32.2 Å². The molecule has 0 radical (unpaired) electrons. The maximum Gasteiger partial charge on any atom is 0.227 e. The second kappa shape index (κ2) is 7.50. The fourth-order valence-electron chi connectivity index (χ4n) is 2.67. The van der Waals surface area contributed by atoms with E-state index < -0.39 is 17.6 Å². The third-order valence-corrected chi connectivity index (χ3v) is 4.01. The number of halogens is 2. The largest absolute Gasteiger partial charge is 0.396 e. The molecule has 0 aliphatic carbocycles. The highest BCUT2D eigenvalue weighted by atomic mass is 19.1. The average Bonchev–Trinajstić information content (AvgIpc) is 2.88. The van der Waals surface area contributed by atoms with E-state index in [0.717, 1.165) is 6.07 Å². The molecule has 2 atom stereocenters. The summed E-state index contributed by atoms with van der Waals surface area (Å²) >= 11 is 0. The van der Waals surface area contributed by atoms with Gasteiger partial charge >= 0.3 is 0 Å². The first-order valence-electron chi connectivity index (χ1n) is 7.62. The van der Waals surface area contributed by atoms with Crippen LogP contribution in [0, 0.1) is 17.6 Å². The summed E-state index contributed by atoms with van der Waals surface area (Å²) < 4.78 is 26.8. The van der Waals surface area contributed by atoms with Crippen molar-refractivity contribution in [3.05, 3.63) is 29.8 Å². The number of amides is 2. The van der Waals surface area contributed by atoms with Crippen molar-refractivity contribution in [2.24, 2.45) is 5.92 Å². The number of carbonyl (C=O) groups excluding carboxylic acids is 2. The van der Waals surface area contributed by atoms with Crippen molar-refractivity contribution < 1.29 is 23.5 Å². The van der Waals surface area contributed by atoms with E-state index >= 15 is 0 Å². The number of aliphatic hydroxyl groups excluding tert-OH is 1. The topological polar surface area (TPSA) is 69.6 Å². The fraction of sp³-hybridized carbons (Fsp3) is 0.500. The van der Waals surface area contributed by atoms with E-state index in [2.05, 4.69) is 5.32 Å². The molecule has 1 saturated heterocycles. The normalized spacial score (nSPS) is 19.0. The van der Waals surface area contributed by atoms with Crippen LogP contribution < -0.4 is 10.2 Å². The molecule has 1 heterocycles. The maximum atomic E-state index is 13.8. The van der Waals surface area contributed by atoms with Gasteiger partial charge < -0.3 is 15.3 Å². The smallest absolute Gasteiger partial charge is 0.227 e. The number of nitrogens with zero attached hydrogens (tertiary/aromatic N) is 1. The molecular weight excluding hydrogens is 306 g/mol. The van der Waals surface area contributed by atoms with Crippen LogP contribution >= 0.6 is 0 Å². The van der Waals surface area contributed by atoms with E-state index in [-0.39, 0.29) is 43.1 Å². The molecular formula is C16H20F2N2O3. The van der Waals surface area contributed by atoms with E-state index in [1.54, 1.807) is 0 Å². The third kappa shape index (κ3) is 4.04. The zero-order valence-corrected chi connectivity index (χ0v) is 12.9. The highest BCUT2D eigenvalue weighted by Crippen LogP contribution is 2.28. The third-order valence-electron chi connectivity index (χ3n) is 4.01. The lowest BCUT2D eigenvalue weighted by Crippen LogP contribution is -2.40. The Morgan fingerprint density at radius 3 is 2.83 bits per heavy atom. The summed E-state index contributed by atoms with van der Waals surface area (Å²) in [6.45, 7) is 1.92. The maximum absolute atomic E-state index is 13.8. The Hall–Kier alpha value is -2.02. The van der Waals surface area contributed by atoms with Crippen LogP contribution in [0.5, 0.6) is 0 Å². The Morgan fingerprint density at radius 1 is 1.48 bits per heavy atom. The molecule has 7 heteroatoms. The van der Waals surface area contributed by atoms with Gasteiger partial charge in [-0.25, -0.2) is 8.78 Å². The summed E-state index contributed by atoms with van der Waals surface area (Å²) in [6.07, 6.45) is 1.10. The summed E-state index contributed by atoms with van der Waals surface area (Å²) in [4.78, 5) is 25.5. The van der Waals surface area contributed by atoms with Gasteiger partial charge in [0.25, 0.3) is 0 Å². The molecule has 2 rings (SSSR count). The first kappa shape index (κ1) is 17.3. The van der Waals surface area contributed by atoms with Gasteiger partial charge in [-0.2, -0.15) is 0 Å². The molecule has 1 fully saturated rings. The number of hydrogen-bond donors (Lipinski definition) is 2. The minimum absolute atomic E-state index is 0.0157. The zero-order valence-electron chi connectivity index (χ0n) is 12.9. The second-order valence-corrected chi connectivity index (χ2v) is 5.63. The molecule has 1 aromatic rings. The predicted octanol–water partition coefficient (Wildman–Crippen LogP) is 1.59. The molecule has 1 aliphatic rings. The number of carbonyl (C=O) groups is 2. The van der Waals surface area contributed by atoms with Gasteiger partial charge in [-0.1, -0.05) is 6.92 Å². The lowest BCUT2D eigenvalue weighted by molar-refractivity contribution is -0.127. The van der Waals surface area contributed by atoms with Gasteiger partial charge in [0.1, 0.15) is 11.6 Å². The minimum Gasteiger partial charge on any atom is -0.396 e. The Bertz CT molecular complexity index is 595. The Labute approximate surface area is 133 Å². The lowest BCUT2D eigenvalue weighted by atomic mass is 10.1. The molecule has 0 aromatic heterocycles. The van der Waals surface area contributed by atoms with Gasteiger partial charge in [-0.05, 0) is 25.0 Å². The van der Waals surface area contributed by atoms with E-state index in [1.165, 1.54) is 11.0 Å². The number of hydrogen-bond acceptors (Lipinski definition) is 3. The van der Waals surface area contributed by atoms with Crippen molar-refractivity contribution in [1.82, 2.24) is 5.32 Å². The summed E-state index contributed by atoms with van der Waals surface area (Å²) in [5.41, 5.74) is -0.0194.